The number of nitrogens with one attached hydrogen (secondary N) is 1. The lowest BCUT2D eigenvalue weighted by Gasteiger charge is -2.32. The van der Waals surface area contributed by atoms with Crippen LogP contribution in [0.3, 0.4) is 0 Å². The Bertz CT molecular complexity index is 654. The molecule has 1 aromatic heterocycles. The molecule has 0 bridgehead atoms. The van der Waals surface area contributed by atoms with Crippen LogP contribution in [0.5, 0.6) is 0 Å². The number of amides is 1. The monoisotopic (exact) mass is 338 g/mol. The molecule has 0 aliphatic carbocycles. The third kappa shape index (κ3) is 5.37. The van der Waals surface area contributed by atoms with E-state index < -0.39 is 6.04 Å². The van der Waals surface area contributed by atoms with Gasteiger partial charge in [0.1, 0.15) is 0 Å². The predicted molar refractivity (Wildman–Crippen MR) is 98.8 cm³/mol. The fourth-order valence-corrected chi connectivity index (χ4v) is 3.25. The Morgan fingerprint density at radius 3 is 2.48 bits per heavy atom. The number of hydrogen-bond acceptors (Lipinski definition) is 4. The van der Waals surface area contributed by atoms with Gasteiger partial charge in [-0.25, -0.2) is 0 Å². The Morgan fingerprint density at radius 2 is 1.80 bits per heavy atom. The van der Waals surface area contributed by atoms with Gasteiger partial charge in [0.15, 0.2) is 0 Å². The molecule has 0 radical (unpaired) electrons. The summed E-state index contributed by atoms with van der Waals surface area (Å²) in [5.41, 5.74) is 8.44. The average Bonchev–Trinajstić information content (AvgIpc) is 2.65. The van der Waals surface area contributed by atoms with Gasteiger partial charge in [0.05, 0.1) is 6.04 Å². The number of carbonyl (C=O) groups excluding carboxylic acids is 1. The van der Waals surface area contributed by atoms with E-state index in [-0.39, 0.29) is 11.9 Å². The van der Waals surface area contributed by atoms with Crippen molar-refractivity contribution in [3.05, 3.63) is 66.0 Å². The van der Waals surface area contributed by atoms with E-state index in [4.69, 9.17) is 5.73 Å². The number of pyridine rings is 1. The second kappa shape index (κ2) is 8.74. The summed E-state index contributed by atoms with van der Waals surface area (Å²) in [6.07, 6.45) is 6.17. The Labute approximate surface area is 149 Å². The summed E-state index contributed by atoms with van der Waals surface area (Å²) in [4.78, 5) is 18.8. The van der Waals surface area contributed by atoms with E-state index in [0.29, 0.717) is 6.42 Å². The van der Waals surface area contributed by atoms with Crippen molar-refractivity contribution >= 4 is 5.91 Å². The lowest BCUT2D eigenvalue weighted by molar-refractivity contribution is -0.123. The van der Waals surface area contributed by atoms with Crippen LogP contribution in [0.25, 0.3) is 0 Å². The third-order valence-electron chi connectivity index (χ3n) is 4.72. The molecular weight excluding hydrogens is 312 g/mol. The van der Waals surface area contributed by atoms with Crippen LogP contribution >= 0.6 is 0 Å². The quantitative estimate of drug-likeness (QED) is 0.841. The number of carbonyl (C=O) groups is 1. The van der Waals surface area contributed by atoms with E-state index in [2.05, 4.69) is 27.3 Å². The van der Waals surface area contributed by atoms with Crippen LogP contribution in [0, 0.1) is 0 Å². The molecule has 5 nitrogen and oxygen atoms in total. The van der Waals surface area contributed by atoms with Crippen molar-refractivity contribution in [3.63, 3.8) is 0 Å². The highest BCUT2D eigenvalue weighted by Gasteiger charge is 2.23. The first-order valence-electron chi connectivity index (χ1n) is 8.92. The Morgan fingerprint density at radius 1 is 1.12 bits per heavy atom. The molecule has 0 spiro atoms. The minimum absolute atomic E-state index is 0.0450. The molecule has 1 aromatic carbocycles. The highest BCUT2D eigenvalue weighted by molar-refractivity contribution is 5.82. The van der Waals surface area contributed by atoms with E-state index in [1.807, 2.05) is 42.7 Å². The first-order valence-corrected chi connectivity index (χ1v) is 8.92. The molecule has 1 fully saturated rings. The minimum Gasteiger partial charge on any atom is -0.352 e. The molecule has 1 amide bonds. The topological polar surface area (TPSA) is 71.2 Å². The first kappa shape index (κ1) is 17.6. The lowest BCUT2D eigenvalue weighted by atomic mass is 10.0. The Balaban J connectivity index is 1.41. The van der Waals surface area contributed by atoms with Crippen molar-refractivity contribution in [3.8, 4) is 0 Å². The summed E-state index contributed by atoms with van der Waals surface area (Å²) in [7, 11) is 0. The third-order valence-corrected chi connectivity index (χ3v) is 4.72. The number of hydrogen-bond donors (Lipinski definition) is 2. The van der Waals surface area contributed by atoms with Gasteiger partial charge in [0.25, 0.3) is 0 Å². The fraction of sp³-hybridized carbons (Fsp3) is 0.400. The normalized spacial score (nSPS) is 17.2. The molecule has 1 unspecified atom stereocenters. The van der Waals surface area contributed by atoms with Crippen LogP contribution in [0.1, 0.15) is 24.0 Å². The highest BCUT2D eigenvalue weighted by atomic mass is 16.2. The molecule has 1 aliphatic rings. The number of nitrogens with zero attached hydrogens (tertiary/aromatic N) is 2. The van der Waals surface area contributed by atoms with E-state index in [9.17, 15) is 4.79 Å². The molecule has 132 valence electrons. The average molecular weight is 338 g/mol. The summed E-state index contributed by atoms with van der Waals surface area (Å²) in [5, 5.41) is 3.12. The van der Waals surface area contributed by atoms with Crippen molar-refractivity contribution < 1.29 is 4.79 Å². The summed E-state index contributed by atoms with van der Waals surface area (Å²) >= 11 is 0. The van der Waals surface area contributed by atoms with E-state index in [1.165, 1.54) is 5.56 Å². The first-order chi connectivity index (χ1) is 12.2. The van der Waals surface area contributed by atoms with Gasteiger partial charge < -0.3 is 11.1 Å². The Hall–Kier alpha value is -2.24. The molecular formula is C20H26N4O. The largest absolute Gasteiger partial charge is 0.352 e. The molecule has 1 atom stereocenters. The molecule has 25 heavy (non-hydrogen) atoms. The number of nitrogens with two attached hydrogens (primary N) is 1. The van der Waals surface area contributed by atoms with Crippen molar-refractivity contribution in [1.82, 2.24) is 15.2 Å². The van der Waals surface area contributed by atoms with Gasteiger partial charge in [-0.2, -0.15) is 0 Å². The van der Waals surface area contributed by atoms with Crippen LogP contribution in [-0.4, -0.2) is 41.0 Å². The van der Waals surface area contributed by atoms with Crippen LogP contribution in [-0.2, 0) is 17.8 Å². The van der Waals surface area contributed by atoms with Gasteiger partial charge in [0, 0.05) is 38.1 Å². The molecule has 1 aliphatic heterocycles. The number of rotatable bonds is 6. The second-order valence-corrected chi connectivity index (χ2v) is 6.71. The summed E-state index contributed by atoms with van der Waals surface area (Å²) in [5.74, 6) is -0.0450. The van der Waals surface area contributed by atoms with Crippen molar-refractivity contribution in [2.75, 3.05) is 13.1 Å². The van der Waals surface area contributed by atoms with Crippen LogP contribution in [0.2, 0.25) is 0 Å². The zero-order valence-corrected chi connectivity index (χ0v) is 14.5. The highest BCUT2D eigenvalue weighted by Crippen LogP contribution is 2.14. The van der Waals surface area contributed by atoms with Crippen molar-refractivity contribution in [2.24, 2.45) is 5.73 Å². The van der Waals surface area contributed by atoms with Crippen LogP contribution < -0.4 is 11.1 Å². The molecule has 3 N–H and O–H groups in total. The van der Waals surface area contributed by atoms with E-state index in [1.54, 1.807) is 0 Å². The minimum atomic E-state index is -0.489. The van der Waals surface area contributed by atoms with Crippen molar-refractivity contribution in [1.29, 1.82) is 0 Å². The zero-order chi connectivity index (χ0) is 17.5. The SMILES string of the molecule is NC(Cc1ccccc1)C(=O)NC1CCN(Cc2ccncc2)CC1. The fourth-order valence-electron chi connectivity index (χ4n) is 3.25. The van der Waals surface area contributed by atoms with Gasteiger partial charge in [-0.05, 0) is 42.5 Å². The van der Waals surface area contributed by atoms with E-state index >= 15 is 0 Å². The smallest absolute Gasteiger partial charge is 0.237 e. The molecule has 2 aromatic rings. The maximum atomic E-state index is 12.3. The van der Waals surface area contributed by atoms with Gasteiger partial charge >= 0.3 is 0 Å². The van der Waals surface area contributed by atoms with Gasteiger partial charge in [-0.3, -0.25) is 14.7 Å². The Kier molecular flexibility index (Phi) is 6.14. The maximum Gasteiger partial charge on any atom is 0.237 e. The summed E-state index contributed by atoms with van der Waals surface area (Å²) < 4.78 is 0. The number of likely N-dealkylation sites (tertiary alicyclic amines) is 1. The molecule has 5 heteroatoms. The zero-order valence-electron chi connectivity index (χ0n) is 14.5. The standard InChI is InChI=1S/C20H26N4O/c21-19(14-16-4-2-1-3-5-16)20(25)23-18-8-12-24(13-9-18)15-17-6-10-22-11-7-17/h1-7,10-11,18-19H,8-9,12-15,21H2,(H,23,25). The molecule has 1 saturated heterocycles. The molecule has 3 rings (SSSR count). The van der Waals surface area contributed by atoms with Crippen molar-refractivity contribution in [2.45, 2.75) is 37.9 Å². The maximum absolute atomic E-state index is 12.3. The summed E-state index contributed by atoms with van der Waals surface area (Å²) in [6.45, 7) is 2.92. The van der Waals surface area contributed by atoms with Crippen LogP contribution in [0.4, 0.5) is 0 Å². The molecule has 2 heterocycles. The van der Waals surface area contributed by atoms with Gasteiger partial charge in [-0.15, -0.1) is 0 Å². The second-order valence-electron chi connectivity index (χ2n) is 6.71. The van der Waals surface area contributed by atoms with Gasteiger partial charge in [0.2, 0.25) is 5.91 Å². The summed E-state index contributed by atoms with van der Waals surface area (Å²) in [6, 6.07) is 13.8. The number of benzene rings is 1. The lowest BCUT2D eigenvalue weighted by Crippen LogP contribution is -2.50. The number of aromatic nitrogens is 1. The predicted octanol–water partition coefficient (Wildman–Crippen LogP) is 1.73. The number of piperidine rings is 1. The van der Waals surface area contributed by atoms with E-state index in [0.717, 1.165) is 38.0 Å². The van der Waals surface area contributed by atoms with Crippen LogP contribution in [0.15, 0.2) is 54.9 Å². The molecule has 0 saturated carbocycles. The van der Waals surface area contributed by atoms with Gasteiger partial charge in [-0.1, -0.05) is 30.3 Å².